The van der Waals surface area contributed by atoms with Crippen LogP contribution in [-0.2, 0) is 11.3 Å². The summed E-state index contributed by atoms with van der Waals surface area (Å²) in [5.74, 6) is -0.133. The predicted molar refractivity (Wildman–Crippen MR) is 77.4 cm³/mol. The van der Waals surface area contributed by atoms with Crippen LogP contribution in [0.2, 0.25) is 0 Å². The van der Waals surface area contributed by atoms with Crippen molar-refractivity contribution in [3.05, 3.63) is 45.0 Å². The summed E-state index contributed by atoms with van der Waals surface area (Å²) >= 11 is 1.12. The second-order valence-electron chi connectivity index (χ2n) is 4.23. The van der Waals surface area contributed by atoms with Gasteiger partial charge in [-0.1, -0.05) is 17.4 Å². The van der Waals surface area contributed by atoms with Crippen molar-refractivity contribution in [2.24, 2.45) is 0 Å². The van der Waals surface area contributed by atoms with Gasteiger partial charge in [-0.05, 0) is 24.6 Å². The molecule has 0 aliphatic heterocycles. The Hall–Kier alpha value is -2.08. The molecule has 0 saturated heterocycles. The van der Waals surface area contributed by atoms with Gasteiger partial charge >= 0.3 is 4.87 Å². The monoisotopic (exact) mass is 277 g/mol. The molecule has 0 fully saturated rings. The van der Waals surface area contributed by atoms with Gasteiger partial charge in [-0.3, -0.25) is 9.59 Å². The molecule has 2 rings (SSSR count). The number of thiazole rings is 1. The Balaban J connectivity index is 1.96. The fraction of sp³-hybridized carbons (Fsp3) is 0.231. The van der Waals surface area contributed by atoms with E-state index in [1.54, 1.807) is 23.7 Å². The first-order valence-electron chi connectivity index (χ1n) is 5.86. The minimum atomic E-state index is -0.133. The van der Waals surface area contributed by atoms with Crippen molar-refractivity contribution >= 4 is 28.6 Å². The lowest BCUT2D eigenvalue weighted by atomic mass is 10.2. The Bertz CT molecular complexity index is 645. The van der Waals surface area contributed by atoms with E-state index in [4.69, 9.17) is 5.73 Å². The zero-order valence-electron chi connectivity index (χ0n) is 10.6. The number of hydrogen-bond donors (Lipinski definition) is 2. The molecule has 2 aromatic rings. The van der Waals surface area contributed by atoms with Crippen molar-refractivity contribution in [1.82, 2.24) is 4.57 Å². The van der Waals surface area contributed by atoms with Gasteiger partial charge in [-0.15, -0.1) is 0 Å². The molecule has 0 aliphatic rings. The third-order valence-corrected chi connectivity index (χ3v) is 3.45. The van der Waals surface area contributed by atoms with E-state index < -0.39 is 0 Å². The molecule has 0 bridgehead atoms. The molecule has 3 N–H and O–H groups in total. The van der Waals surface area contributed by atoms with Crippen LogP contribution in [0.1, 0.15) is 12.0 Å². The number of aromatic nitrogens is 1. The number of carbonyl (C=O) groups is 1. The quantitative estimate of drug-likeness (QED) is 0.837. The smallest absolute Gasteiger partial charge is 0.307 e. The second kappa shape index (κ2) is 5.71. The minimum Gasteiger partial charge on any atom is -0.399 e. The third-order valence-electron chi connectivity index (χ3n) is 2.76. The van der Waals surface area contributed by atoms with Gasteiger partial charge in [0.25, 0.3) is 0 Å². The van der Waals surface area contributed by atoms with E-state index in [-0.39, 0.29) is 17.2 Å². The molecule has 0 spiro atoms. The maximum Gasteiger partial charge on any atom is 0.307 e. The molecule has 1 aromatic carbocycles. The Morgan fingerprint density at radius 2 is 2.26 bits per heavy atom. The number of carbonyl (C=O) groups excluding carboxylic acids is 1. The van der Waals surface area contributed by atoms with Gasteiger partial charge in [0.2, 0.25) is 5.91 Å². The third kappa shape index (κ3) is 3.45. The first-order valence-corrected chi connectivity index (χ1v) is 6.74. The Labute approximate surface area is 114 Å². The Morgan fingerprint density at radius 3 is 2.95 bits per heavy atom. The maximum atomic E-state index is 11.8. The average Bonchev–Trinajstić information content (AvgIpc) is 2.77. The van der Waals surface area contributed by atoms with Crippen LogP contribution in [0.4, 0.5) is 11.4 Å². The molecule has 100 valence electrons. The van der Waals surface area contributed by atoms with Crippen molar-refractivity contribution in [1.29, 1.82) is 0 Å². The summed E-state index contributed by atoms with van der Waals surface area (Å²) in [4.78, 5) is 23.1. The highest BCUT2D eigenvalue weighted by Gasteiger charge is 2.06. The number of benzene rings is 1. The van der Waals surface area contributed by atoms with Crippen LogP contribution in [0, 0.1) is 6.92 Å². The number of hydrogen-bond acceptors (Lipinski definition) is 4. The van der Waals surface area contributed by atoms with Gasteiger partial charge in [0.05, 0.1) is 0 Å². The molecule has 5 nitrogen and oxygen atoms in total. The van der Waals surface area contributed by atoms with Crippen LogP contribution in [0.3, 0.4) is 0 Å². The van der Waals surface area contributed by atoms with E-state index in [1.807, 2.05) is 13.0 Å². The summed E-state index contributed by atoms with van der Waals surface area (Å²) in [7, 11) is 0. The van der Waals surface area contributed by atoms with Gasteiger partial charge in [0.1, 0.15) is 0 Å². The van der Waals surface area contributed by atoms with E-state index in [2.05, 4.69) is 5.32 Å². The van der Waals surface area contributed by atoms with Crippen LogP contribution in [0.25, 0.3) is 0 Å². The second-order valence-corrected chi connectivity index (χ2v) is 5.09. The minimum absolute atomic E-state index is 0.0482. The molecule has 6 heteroatoms. The zero-order valence-corrected chi connectivity index (χ0v) is 11.4. The molecule has 0 radical (unpaired) electrons. The fourth-order valence-electron chi connectivity index (χ4n) is 1.67. The summed E-state index contributed by atoms with van der Waals surface area (Å²) in [6.07, 6.45) is 1.94. The van der Waals surface area contributed by atoms with E-state index in [0.29, 0.717) is 17.9 Å². The standard InChI is InChI=1S/C13H15N3O2S/c1-9-2-3-10(14)8-11(9)15-12(17)4-5-16-6-7-19-13(16)18/h2-3,6-8H,4-5,14H2,1H3,(H,15,17). The molecule has 1 aromatic heterocycles. The van der Waals surface area contributed by atoms with Crippen molar-refractivity contribution in [2.75, 3.05) is 11.1 Å². The predicted octanol–water partition coefficient (Wildman–Crippen LogP) is 1.83. The SMILES string of the molecule is Cc1ccc(N)cc1NC(=O)CCn1ccsc1=O. The van der Waals surface area contributed by atoms with Gasteiger partial charge in [0.15, 0.2) is 0 Å². The summed E-state index contributed by atoms with van der Waals surface area (Å²) < 4.78 is 1.52. The molecule has 0 saturated carbocycles. The van der Waals surface area contributed by atoms with Crippen LogP contribution in [0.5, 0.6) is 0 Å². The summed E-state index contributed by atoms with van der Waals surface area (Å²) in [5.41, 5.74) is 7.95. The zero-order chi connectivity index (χ0) is 13.8. The highest BCUT2D eigenvalue weighted by molar-refractivity contribution is 7.07. The number of aryl methyl sites for hydroxylation is 2. The van der Waals surface area contributed by atoms with E-state index in [1.165, 1.54) is 4.57 Å². The van der Waals surface area contributed by atoms with Gasteiger partial charge in [0, 0.05) is 35.9 Å². The van der Waals surface area contributed by atoms with E-state index >= 15 is 0 Å². The topological polar surface area (TPSA) is 77.1 Å². The molecule has 1 amide bonds. The lowest BCUT2D eigenvalue weighted by molar-refractivity contribution is -0.116. The molecule has 0 atom stereocenters. The van der Waals surface area contributed by atoms with Crippen molar-refractivity contribution in [3.8, 4) is 0 Å². The van der Waals surface area contributed by atoms with Gasteiger partial charge < -0.3 is 15.6 Å². The molecular weight excluding hydrogens is 262 g/mol. The molecular formula is C13H15N3O2S. The molecule has 0 unspecified atom stereocenters. The Kier molecular flexibility index (Phi) is 4.01. The lowest BCUT2D eigenvalue weighted by Gasteiger charge is -2.09. The number of nitrogen functional groups attached to an aromatic ring is 1. The Morgan fingerprint density at radius 1 is 1.47 bits per heavy atom. The lowest BCUT2D eigenvalue weighted by Crippen LogP contribution is -2.19. The van der Waals surface area contributed by atoms with Crippen molar-refractivity contribution < 1.29 is 4.79 Å². The van der Waals surface area contributed by atoms with Crippen LogP contribution >= 0.6 is 11.3 Å². The number of nitrogens with two attached hydrogens (primary N) is 1. The molecule has 0 aliphatic carbocycles. The highest BCUT2D eigenvalue weighted by atomic mass is 32.1. The van der Waals surface area contributed by atoms with Crippen molar-refractivity contribution in [2.45, 2.75) is 19.9 Å². The van der Waals surface area contributed by atoms with E-state index in [0.717, 1.165) is 16.9 Å². The molecule has 19 heavy (non-hydrogen) atoms. The number of nitrogens with zero attached hydrogens (tertiary/aromatic N) is 1. The van der Waals surface area contributed by atoms with Gasteiger partial charge in [-0.25, -0.2) is 0 Å². The largest absolute Gasteiger partial charge is 0.399 e. The first kappa shape index (κ1) is 13.4. The summed E-state index contributed by atoms with van der Waals surface area (Å²) in [6, 6.07) is 5.37. The highest BCUT2D eigenvalue weighted by Crippen LogP contribution is 2.18. The van der Waals surface area contributed by atoms with E-state index in [9.17, 15) is 9.59 Å². The molecule has 1 heterocycles. The normalized spacial score (nSPS) is 10.4. The first-order chi connectivity index (χ1) is 9.06. The van der Waals surface area contributed by atoms with Gasteiger partial charge in [-0.2, -0.15) is 0 Å². The van der Waals surface area contributed by atoms with Crippen molar-refractivity contribution in [3.63, 3.8) is 0 Å². The number of anilines is 2. The summed E-state index contributed by atoms with van der Waals surface area (Å²) in [5, 5.41) is 4.51. The number of amides is 1. The number of nitrogens with one attached hydrogen (secondary N) is 1. The van der Waals surface area contributed by atoms with Crippen LogP contribution in [-0.4, -0.2) is 10.5 Å². The summed E-state index contributed by atoms with van der Waals surface area (Å²) in [6.45, 7) is 2.29. The van der Waals surface area contributed by atoms with Crippen LogP contribution in [0.15, 0.2) is 34.6 Å². The fourth-order valence-corrected chi connectivity index (χ4v) is 2.28. The van der Waals surface area contributed by atoms with Crippen LogP contribution < -0.4 is 15.9 Å². The number of rotatable bonds is 4. The average molecular weight is 277 g/mol. The maximum absolute atomic E-state index is 11.8.